The Labute approximate surface area is 204 Å². The van der Waals surface area contributed by atoms with Crippen LogP contribution in [0.15, 0.2) is 24.3 Å². The van der Waals surface area contributed by atoms with Crippen molar-refractivity contribution in [3.63, 3.8) is 0 Å². The van der Waals surface area contributed by atoms with Crippen LogP contribution in [0.1, 0.15) is 85.8 Å². The van der Waals surface area contributed by atoms with Crippen molar-refractivity contribution in [2.75, 3.05) is 13.2 Å². The van der Waals surface area contributed by atoms with Gasteiger partial charge in [0.05, 0.1) is 23.5 Å². The largest absolute Gasteiger partial charge is 0.465 e. The fourth-order valence-corrected chi connectivity index (χ4v) is 3.01. The third kappa shape index (κ3) is 10.6. The first kappa shape index (κ1) is 29.5. The monoisotopic (exact) mass is 477 g/mol. The molecule has 34 heavy (non-hydrogen) atoms. The van der Waals surface area contributed by atoms with Gasteiger partial charge in [-0.25, -0.2) is 4.79 Å². The maximum atomic E-state index is 12.7. The molecular formula is C27H43NO6. The van der Waals surface area contributed by atoms with E-state index in [1.54, 1.807) is 62.3 Å². The average molecular weight is 478 g/mol. The van der Waals surface area contributed by atoms with Gasteiger partial charge in [0.15, 0.2) is 0 Å². The topological polar surface area (TPSA) is 90.9 Å². The Kier molecular flexibility index (Phi) is 10.2. The number of carbonyl (C=O) groups excluding carboxylic acids is 3. The summed E-state index contributed by atoms with van der Waals surface area (Å²) in [6, 6.07) is 7.32. The number of alkyl carbamates (subject to hydrolysis) is 1. The standard InChI is InChI=1S/C27H43NO6/c1-18-11-13-19(14-12-18)20(15-16-32-22(29)25(2,3)4)21(17-33-23(30)26(5,6)7)28-24(31)34-27(8,9)10/h11-14,20-21H,15-17H2,1-10H3,(H,28,31)/t20-,21+/m1/s1. The van der Waals surface area contributed by atoms with Gasteiger partial charge < -0.3 is 19.5 Å². The number of aryl methyl sites for hydroxylation is 1. The molecule has 1 amide bonds. The Hall–Kier alpha value is -2.57. The first-order valence-electron chi connectivity index (χ1n) is 11.8. The van der Waals surface area contributed by atoms with Crippen LogP contribution in [-0.2, 0) is 23.8 Å². The summed E-state index contributed by atoms with van der Waals surface area (Å²) in [5.74, 6) is -0.954. The number of nitrogens with one attached hydrogen (secondary N) is 1. The molecule has 0 saturated carbocycles. The fourth-order valence-electron chi connectivity index (χ4n) is 3.01. The van der Waals surface area contributed by atoms with Crippen molar-refractivity contribution >= 4 is 18.0 Å². The van der Waals surface area contributed by atoms with E-state index in [0.717, 1.165) is 11.1 Å². The summed E-state index contributed by atoms with van der Waals surface area (Å²) < 4.78 is 16.6. The van der Waals surface area contributed by atoms with E-state index in [1.807, 2.05) is 31.2 Å². The molecule has 0 bridgehead atoms. The zero-order valence-corrected chi connectivity index (χ0v) is 22.5. The molecule has 1 aromatic rings. The van der Waals surface area contributed by atoms with Gasteiger partial charge in [-0.2, -0.15) is 0 Å². The highest BCUT2D eigenvalue weighted by molar-refractivity contribution is 5.76. The molecule has 1 rings (SSSR count). The molecule has 1 aromatic carbocycles. The molecule has 0 aliphatic rings. The molecule has 2 atom stereocenters. The van der Waals surface area contributed by atoms with E-state index in [2.05, 4.69) is 5.32 Å². The Balaban J connectivity index is 3.20. The van der Waals surface area contributed by atoms with E-state index < -0.39 is 28.6 Å². The van der Waals surface area contributed by atoms with Crippen molar-refractivity contribution in [1.29, 1.82) is 0 Å². The van der Waals surface area contributed by atoms with E-state index in [1.165, 1.54) is 0 Å². The maximum absolute atomic E-state index is 12.7. The molecule has 0 aliphatic carbocycles. The van der Waals surface area contributed by atoms with Gasteiger partial charge in [-0.1, -0.05) is 29.8 Å². The predicted molar refractivity (Wildman–Crippen MR) is 133 cm³/mol. The third-order valence-corrected chi connectivity index (χ3v) is 4.97. The first-order chi connectivity index (χ1) is 15.4. The Morgan fingerprint density at radius 2 is 1.32 bits per heavy atom. The van der Waals surface area contributed by atoms with Gasteiger partial charge >= 0.3 is 18.0 Å². The lowest BCUT2D eigenvalue weighted by atomic mass is 9.88. The second kappa shape index (κ2) is 11.7. The first-order valence-corrected chi connectivity index (χ1v) is 11.8. The summed E-state index contributed by atoms with van der Waals surface area (Å²) >= 11 is 0. The lowest BCUT2D eigenvalue weighted by molar-refractivity contribution is -0.154. The Morgan fingerprint density at radius 3 is 1.79 bits per heavy atom. The molecule has 192 valence electrons. The highest BCUT2D eigenvalue weighted by atomic mass is 16.6. The molecule has 0 aliphatic heterocycles. The number of amides is 1. The normalized spacial score (nSPS) is 14.1. The number of ether oxygens (including phenoxy) is 3. The summed E-state index contributed by atoms with van der Waals surface area (Å²) in [4.78, 5) is 37.4. The van der Waals surface area contributed by atoms with Gasteiger partial charge in [0.2, 0.25) is 0 Å². The van der Waals surface area contributed by atoms with Crippen molar-refractivity contribution in [2.45, 2.75) is 93.2 Å². The number of esters is 2. The zero-order chi connectivity index (χ0) is 26.3. The number of rotatable bonds is 8. The van der Waals surface area contributed by atoms with Gasteiger partial charge in [0, 0.05) is 5.92 Å². The fraction of sp³-hybridized carbons (Fsp3) is 0.667. The average Bonchev–Trinajstić information content (AvgIpc) is 2.66. The van der Waals surface area contributed by atoms with Crippen LogP contribution in [-0.4, -0.2) is 42.9 Å². The van der Waals surface area contributed by atoms with E-state index >= 15 is 0 Å². The summed E-state index contributed by atoms with van der Waals surface area (Å²) in [5.41, 5.74) is 0.0503. The minimum atomic E-state index is -0.682. The summed E-state index contributed by atoms with van der Waals surface area (Å²) in [6.07, 6.45) is -0.175. The van der Waals surface area contributed by atoms with Crippen molar-refractivity contribution in [1.82, 2.24) is 5.32 Å². The minimum Gasteiger partial charge on any atom is -0.465 e. The molecule has 0 unspecified atom stereocenters. The molecule has 7 nitrogen and oxygen atoms in total. The Morgan fingerprint density at radius 1 is 0.824 bits per heavy atom. The highest BCUT2D eigenvalue weighted by Gasteiger charge is 2.31. The summed E-state index contributed by atoms with van der Waals surface area (Å²) in [5, 5.41) is 2.88. The van der Waals surface area contributed by atoms with Crippen LogP contribution in [0.4, 0.5) is 4.79 Å². The SMILES string of the molecule is Cc1ccc([C@@H](CCOC(=O)C(C)(C)C)[C@H](COC(=O)C(C)(C)C)NC(=O)OC(C)(C)C)cc1. The number of hydrogen-bond donors (Lipinski definition) is 1. The van der Waals surface area contributed by atoms with E-state index in [0.29, 0.717) is 6.42 Å². The van der Waals surface area contributed by atoms with E-state index in [9.17, 15) is 14.4 Å². The quantitative estimate of drug-likeness (QED) is 0.390. The zero-order valence-electron chi connectivity index (χ0n) is 22.5. The highest BCUT2D eigenvalue weighted by Crippen LogP contribution is 2.27. The van der Waals surface area contributed by atoms with Crippen LogP contribution in [0.5, 0.6) is 0 Å². The van der Waals surface area contributed by atoms with Gasteiger partial charge in [-0.15, -0.1) is 0 Å². The molecule has 0 saturated heterocycles. The van der Waals surface area contributed by atoms with Crippen molar-refractivity contribution in [2.24, 2.45) is 10.8 Å². The summed E-state index contributed by atoms with van der Waals surface area (Å²) in [6.45, 7) is 18.2. The van der Waals surface area contributed by atoms with Gasteiger partial charge in [0.25, 0.3) is 0 Å². The molecular weight excluding hydrogens is 434 g/mol. The predicted octanol–water partition coefficient (Wildman–Crippen LogP) is 5.54. The van der Waals surface area contributed by atoms with Crippen LogP contribution in [0.3, 0.4) is 0 Å². The Bertz CT molecular complexity index is 825. The lowest BCUT2D eigenvalue weighted by Gasteiger charge is -2.30. The van der Waals surface area contributed by atoms with Crippen molar-refractivity contribution in [3.05, 3.63) is 35.4 Å². The van der Waals surface area contributed by atoms with Crippen LogP contribution in [0.25, 0.3) is 0 Å². The van der Waals surface area contributed by atoms with Crippen molar-refractivity contribution < 1.29 is 28.6 Å². The van der Waals surface area contributed by atoms with Crippen LogP contribution in [0, 0.1) is 17.8 Å². The molecule has 0 heterocycles. The van der Waals surface area contributed by atoms with E-state index in [4.69, 9.17) is 14.2 Å². The number of benzene rings is 1. The minimum absolute atomic E-state index is 0.0406. The van der Waals surface area contributed by atoms with Gasteiger partial charge in [-0.3, -0.25) is 9.59 Å². The summed E-state index contributed by atoms with van der Waals surface area (Å²) in [7, 11) is 0. The second-order valence-corrected chi connectivity index (χ2v) is 11.8. The van der Waals surface area contributed by atoms with Crippen LogP contribution >= 0.6 is 0 Å². The van der Waals surface area contributed by atoms with Gasteiger partial charge in [-0.05, 0) is 81.2 Å². The van der Waals surface area contributed by atoms with Crippen LogP contribution < -0.4 is 5.32 Å². The molecule has 1 N–H and O–H groups in total. The van der Waals surface area contributed by atoms with E-state index in [-0.39, 0.29) is 31.1 Å². The van der Waals surface area contributed by atoms with Crippen molar-refractivity contribution in [3.8, 4) is 0 Å². The van der Waals surface area contributed by atoms with Crippen LogP contribution in [0.2, 0.25) is 0 Å². The number of hydrogen-bond acceptors (Lipinski definition) is 6. The maximum Gasteiger partial charge on any atom is 0.408 e. The third-order valence-electron chi connectivity index (χ3n) is 4.97. The molecule has 0 radical (unpaired) electrons. The molecule has 0 aromatic heterocycles. The number of carbonyl (C=O) groups is 3. The molecule has 7 heteroatoms. The smallest absolute Gasteiger partial charge is 0.408 e. The second-order valence-electron chi connectivity index (χ2n) is 11.8. The lowest BCUT2D eigenvalue weighted by Crippen LogP contribution is -2.46. The van der Waals surface area contributed by atoms with Gasteiger partial charge in [0.1, 0.15) is 12.2 Å². The molecule has 0 fully saturated rings. The molecule has 0 spiro atoms.